The monoisotopic (exact) mass is 358 g/mol. The zero-order chi connectivity index (χ0) is 19.0. The number of fused-ring (bicyclic) bond motifs is 1. The molecule has 1 aliphatic carbocycles. The lowest BCUT2D eigenvalue weighted by Crippen LogP contribution is -2.17. The van der Waals surface area contributed by atoms with E-state index in [4.69, 9.17) is 9.84 Å². The molecule has 0 spiro atoms. The van der Waals surface area contributed by atoms with Gasteiger partial charge in [-0.15, -0.1) is 0 Å². The highest BCUT2D eigenvalue weighted by atomic mass is 16.5. The number of ketones is 1. The van der Waals surface area contributed by atoms with Crippen molar-refractivity contribution in [1.82, 2.24) is 0 Å². The van der Waals surface area contributed by atoms with E-state index in [0.717, 1.165) is 6.07 Å². The number of Topliss-reactive ketones (excluding diaryl/α,β-unsaturated/α-hetero) is 1. The molecule has 26 heavy (non-hydrogen) atoms. The largest absolute Gasteiger partial charge is 0.507 e. The Hall–Kier alpha value is -3.68. The molecule has 0 unspecified atom stereocenters. The van der Waals surface area contributed by atoms with E-state index in [9.17, 15) is 30.0 Å². The SMILES string of the molecule is O=C(O)COc1cc(O)c2c(c1)CC(c1ccc(O)c(O)c1)=C(O)C2=O. The normalized spacial score (nSPS) is 13.5. The fraction of sp³-hybridized carbons (Fsp3) is 0.111. The number of hydrogen-bond donors (Lipinski definition) is 5. The van der Waals surface area contributed by atoms with Crippen molar-refractivity contribution in [3.8, 4) is 23.0 Å². The Morgan fingerprint density at radius 2 is 1.73 bits per heavy atom. The Labute approximate surface area is 146 Å². The number of aliphatic carboxylic acids is 1. The first-order valence-electron chi connectivity index (χ1n) is 7.47. The van der Waals surface area contributed by atoms with Crippen molar-refractivity contribution in [2.75, 3.05) is 6.61 Å². The summed E-state index contributed by atoms with van der Waals surface area (Å²) in [5.74, 6) is -3.73. The second-order valence-electron chi connectivity index (χ2n) is 5.70. The predicted octanol–water partition coefficient (Wildman–Crippen LogP) is 1.97. The maximum Gasteiger partial charge on any atom is 0.341 e. The summed E-state index contributed by atoms with van der Waals surface area (Å²) >= 11 is 0. The van der Waals surface area contributed by atoms with Crippen molar-refractivity contribution in [1.29, 1.82) is 0 Å². The lowest BCUT2D eigenvalue weighted by atomic mass is 9.85. The Bertz CT molecular complexity index is 958. The lowest BCUT2D eigenvalue weighted by molar-refractivity contribution is -0.139. The highest BCUT2D eigenvalue weighted by Gasteiger charge is 2.30. The minimum absolute atomic E-state index is 0.0228. The van der Waals surface area contributed by atoms with E-state index in [1.54, 1.807) is 0 Å². The number of carbonyl (C=O) groups is 2. The summed E-state index contributed by atoms with van der Waals surface area (Å²) in [6.07, 6.45) is 0.0228. The second kappa shape index (κ2) is 6.32. The predicted molar refractivity (Wildman–Crippen MR) is 88.6 cm³/mol. The first kappa shape index (κ1) is 17.2. The van der Waals surface area contributed by atoms with Crippen LogP contribution in [-0.4, -0.2) is 43.9 Å². The number of hydrogen-bond acceptors (Lipinski definition) is 7. The minimum Gasteiger partial charge on any atom is -0.507 e. The summed E-state index contributed by atoms with van der Waals surface area (Å²) in [7, 11) is 0. The highest BCUT2D eigenvalue weighted by Crippen LogP contribution is 2.39. The number of aromatic hydroxyl groups is 3. The number of allylic oxidation sites excluding steroid dienone is 2. The molecule has 0 aromatic heterocycles. The van der Waals surface area contributed by atoms with Crippen molar-refractivity contribution < 1.29 is 39.9 Å². The summed E-state index contributed by atoms with van der Waals surface area (Å²) in [6.45, 7) is -0.619. The van der Waals surface area contributed by atoms with Gasteiger partial charge in [-0.1, -0.05) is 6.07 Å². The topological polar surface area (TPSA) is 145 Å². The van der Waals surface area contributed by atoms with E-state index in [1.807, 2.05) is 0 Å². The van der Waals surface area contributed by atoms with Crippen LogP contribution in [0.25, 0.3) is 5.57 Å². The molecule has 3 rings (SSSR count). The van der Waals surface area contributed by atoms with Crippen LogP contribution in [-0.2, 0) is 11.2 Å². The van der Waals surface area contributed by atoms with Crippen LogP contribution in [0.1, 0.15) is 21.5 Å². The van der Waals surface area contributed by atoms with Gasteiger partial charge >= 0.3 is 5.97 Å². The summed E-state index contributed by atoms with van der Waals surface area (Å²) < 4.78 is 5.03. The third-order valence-corrected chi connectivity index (χ3v) is 3.95. The molecule has 0 radical (unpaired) electrons. The Kier molecular flexibility index (Phi) is 4.17. The number of aliphatic hydroxyl groups is 1. The smallest absolute Gasteiger partial charge is 0.341 e. The maximum absolute atomic E-state index is 12.4. The quantitative estimate of drug-likeness (QED) is 0.522. The molecule has 2 aromatic rings. The van der Waals surface area contributed by atoms with Crippen LogP contribution in [0.3, 0.4) is 0 Å². The first-order chi connectivity index (χ1) is 12.3. The van der Waals surface area contributed by atoms with Gasteiger partial charge in [0.2, 0.25) is 5.78 Å². The van der Waals surface area contributed by atoms with E-state index in [0.29, 0.717) is 11.1 Å². The van der Waals surface area contributed by atoms with Gasteiger partial charge in [0.25, 0.3) is 0 Å². The maximum atomic E-state index is 12.4. The van der Waals surface area contributed by atoms with Crippen LogP contribution in [0.5, 0.6) is 23.0 Å². The molecule has 8 heteroatoms. The Morgan fingerprint density at radius 1 is 1.00 bits per heavy atom. The van der Waals surface area contributed by atoms with Gasteiger partial charge in [-0.2, -0.15) is 0 Å². The molecule has 0 aliphatic heterocycles. The minimum atomic E-state index is -1.20. The first-order valence-corrected chi connectivity index (χ1v) is 7.47. The second-order valence-corrected chi connectivity index (χ2v) is 5.70. The zero-order valence-electron chi connectivity index (χ0n) is 13.3. The molecule has 134 valence electrons. The van der Waals surface area contributed by atoms with Gasteiger partial charge in [-0.3, -0.25) is 4.79 Å². The van der Waals surface area contributed by atoms with Crippen molar-refractivity contribution in [3.63, 3.8) is 0 Å². The number of carbonyl (C=O) groups excluding carboxylic acids is 1. The van der Waals surface area contributed by atoms with Crippen LogP contribution in [0.2, 0.25) is 0 Å². The number of carboxylic acid groups (broad SMARTS) is 1. The van der Waals surface area contributed by atoms with E-state index >= 15 is 0 Å². The van der Waals surface area contributed by atoms with Crippen LogP contribution in [0.15, 0.2) is 36.1 Å². The molecule has 0 bridgehead atoms. The number of phenolic OH excluding ortho intramolecular Hbond substituents is 3. The number of aliphatic hydroxyl groups excluding tert-OH is 1. The summed E-state index contributed by atoms with van der Waals surface area (Å²) in [5, 5.41) is 48.0. The number of benzene rings is 2. The number of phenols is 3. The third kappa shape index (κ3) is 3.00. The summed E-state index contributed by atoms with van der Waals surface area (Å²) in [5.41, 5.74) is 0.730. The molecule has 0 heterocycles. The van der Waals surface area contributed by atoms with Crippen molar-refractivity contribution in [3.05, 3.63) is 52.8 Å². The van der Waals surface area contributed by atoms with Gasteiger partial charge < -0.3 is 30.3 Å². The lowest BCUT2D eigenvalue weighted by Gasteiger charge is -2.21. The molecule has 0 saturated heterocycles. The van der Waals surface area contributed by atoms with Gasteiger partial charge in [0.15, 0.2) is 23.9 Å². The highest BCUT2D eigenvalue weighted by molar-refractivity contribution is 6.16. The molecule has 0 fully saturated rings. The molecule has 5 N–H and O–H groups in total. The van der Waals surface area contributed by atoms with Gasteiger partial charge in [0, 0.05) is 18.1 Å². The van der Waals surface area contributed by atoms with Crippen LogP contribution in [0.4, 0.5) is 0 Å². The van der Waals surface area contributed by atoms with Gasteiger partial charge in [0.05, 0.1) is 5.56 Å². The molecule has 2 aromatic carbocycles. The molecule has 8 nitrogen and oxygen atoms in total. The van der Waals surface area contributed by atoms with Crippen LogP contribution >= 0.6 is 0 Å². The molecular weight excluding hydrogens is 344 g/mol. The molecular formula is C18H14O8. The average molecular weight is 358 g/mol. The Morgan fingerprint density at radius 3 is 2.38 bits per heavy atom. The van der Waals surface area contributed by atoms with Gasteiger partial charge in [-0.05, 0) is 29.3 Å². The van der Waals surface area contributed by atoms with Crippen molar-refractivity contribution in [2.45, 2.75) is 6.42 Å². The summed E-state index contributed by atoms with van der Waals surface area (Å²) in [6, 6.07) is 6.34. The van der Waals surface area contributed by atoms with Crippen molar-refractivity contribution >= 4 is 17.3 Å². The van der Waals surface area contributed by atoms with Crippen LogP contribution < -0.4 is 4.74 Å². The third-order valence-electron chi connectivity index (χ3n) is 3.95. The zero-order valence-corrected chi connectivity index (χ0v) is 13.3. The number of rotatable bonds is 4. The number of carboxylic acids is 1. The van der Waals surface area contributed by atoms with E-state index in [2.05, 4.69) is 0 Å². The van der Waals surface area contributed by atoms with E-state index in [-0.39, 0.29) is 29.1 Å². The van der Waals surface area contributed by atoms with Crippen LogP contribution in [0, 0.1) is 0 Å². The van der Waals surface area contributed by atoms with Crippen molar-refractivity contribution in [2.24, 2.45) is 0 Å². The van der Waals surface area contributed by atoms with E-state index in [1.165, 1.54) is 24.3 Å². The summed E-state index contributed by atoms with van der Waals surface area (Å²) in [4.78, 5) is 23.0. The van der Waals surface area contributed by atoms with Gasteiger partial charge in [-0.25, -0.2) is 4.79 Å². The number of ether oxygens (including phenoxy) is 1. The fourth-order valence-electron chi connectivity index (χ4n) is 2.77. The standard InChI is InChI=1S/C18H14O8/c19-12-2-1-8(5-13(12)20)11-4-9-3-10(26-7-15(22)23)6-14(21)16(9)18(25)17(11)24/h1-3,5-6,19-21,24H,4,7H2,(H,22,23). The molecule has 1 aliphatic rings. The van der Waals surface area contributed by atoms with E-state index < -0.39 is 35.6 Å². The fourth-order valence-corrected chi connectivity index (χ4v) is 2.77. The van der Waals surface area contributed by atoms with Gasteiger partial charge in [0.1, 0.15) is 11.5 Å². The molecule has 0 amide bonds. The Balaban J connectivity index is 2.04. The molecule has 0 saturated carbocycles. The molecule has 0 atom stereocenters. The average Bonchev–Trinajstić information content (AvgIpc) is 2.58.